The van der Waals surface area contributed by atoms with Crippen LogP contribution in [0.15, 0.2) is 48.5 Å². The summed E-state index contributed by atoms with van der Waals surface area (Å²) in [5, 5.41) is 11.9. The van der Waals surface area contributed by atoms with Crippen LogP contribution in [0.4, 0.5) is 5.69 Å². The Kier molecular flexibility index (Phi) is 6.57. The van der Waals surface area contributed by atoms with Crippen LogP contribution in [0.5, 0.6) is 5.75 Å². The lowest BCUT2D eigenvalue weighted by Gasteiger charge is -2.10. The maximum absolute atomic E-state index is 12.0. The first kappa shape index (κ1) is 18.5. The number of ether oxygens (including phenoxy) is 1. The Morgan fingerprint density at radius 2 is 1.92 bits per heavy atom. The first-order valence-corrected chi connectivity index (χ1v) is 8.28. The fraction of sp³-hybridized carbons (Fsp3) is 0.300. The highest BCUT2D eigenvalue weighted by atomic mass is 16.5. The van der Waals surface area contributed by atoms with Crippen LogP contribution in [0, 0.1) is 6.92 Å². The quantitative estimate of drug-likeness (QED) is 0.712. The number of amides is 1. The summed E-state index contributed by atoms with van der Waals surface area (Å²) in [6.45, 7) is 4.08. The van der Waals surface area contributed by atoms with Gasteiger partial charge in [-0.1, -0.05) is 24.3 Å². The van der Waals surface area contributed by atoms with E-state index in [-0.39, 0.29) is 5.91 Å². The minimum Gasteiger partial charge on any atom is -0.494 e. The van der Waals surface area contributed by atoms with E-state index in [1.807, 2.05) is 31.2 Å². The normalized spacial score (nSPS) is 11.6. The van der Waals surface area contributed by atoms with Crippen molar-refractivity contribution in [2.45, 2.75) is 32.6 Å². The Bertz CT molecular complexity index is 742. The number of rotatable bonds is 8. The average Bonchev–Trinajstić information content (AvgIpc) is 2.58. The van der Waals surface area contributed by atoms with Gasteiger partial charge in [0.25, 0.3) is 0 Å². The van der Waals surface area contributed by atoms with Gasteiger partial charge in [0.05, 0.1) is 12.5 Å². The van der Waals surface area contributed by atoms with Crippen molar-refractivity contribution < 1.29 is 19.4 Å². The monoisotopic (exact) mass is 341 g/mol. The summed E-state index contributed by atoms with van der Waals surface area (Å²) in [5.74, 6) is -0.819. The molecule has 0 saturated carbocycles. The summed E-state index contributed by atoms with van der Waals surface area (Å²) in [4.78, 5) is 23.1. The zero-order valence-electron chi connectivity index (χ0n) is 14.5. The highest BCUT2D eigenvalue weighted by Crippen LogP contribution is 2.19. The fourth-order valence-corrected chi connectivity index (χ4v) is 2.38. The van der Waals surface area contributed by atoms with Crippen LogP contribution < -0.4 is 10.1 Å². The zero-order valence-corrected chi connectivity index (χ0v) is 14.5. The van der Waals surface area contributed by atoms with Crippen LogP contribution in [0.25, 0.3) is 0 Å². The van der Waals surface area contributed by atoms with Crippen LogP contribution in [0.1, 0.15) is 36.8 Å². The van der Waals surface area contributed by atoms with E-state index in [2.05, 4.69) is 5.32 Å². The van der Waals surface area contributed by atoms with Crippen LogP contribution >= 0.6 is 0 Å². The molecule has 0 bridgehead atoms. The predicted molar refractivity (Wildman–Crippen MR) is 97.0 cm³/mol. The van der Waals surface area contributed by atoms with Gasteiger partial charge in [-0.05, 0) is 55.7 Å². The van der Waals surface area contributed by atoms with Gasteiger partial charge in [0.15, 0.2) is 0 Å². The molecule has 0 aliphatic heterocycles. The summed E-state index contributed by atoms with van der Waals surface area (Å²) >= 11 is 0. The number of nitrogens with one attached hydrogen (secondary N) is 1. The van der Waals surface area contributed by atoms with Gasteiger partial charge in [-0.3, -0.25) is 9.59 Å². The molecular formula is C20H23NO4. The molecular weight excluding hydrogens is 318 g/mol. The number of carboxylic acids is 1. The second-order valence-corrected chi connectivity index (χ2v) is 6.00. The molecule has 5 nitrogen and oxygen atoms in total. The van der Waals surface area contributed by atoms with Crippen molar-refractivity contribution in [2.24, 2.45) is 0 Å². The molecule has 2 N–H and O–H groups in total. The molecule has 0 saturated heterocycles. The van der Waals surface area contributed by atoms with Crippen molar-refractivity contribution >= 4 is 17.6 Å². The first-order valence-electron chi connectivity index (χ1n) is 8.28. The third-order valence-electron chi connectivity index (χ3n) is 3.85. The van der Waals surface area contributed by atoms with Crippen molar-refractivity contribution in [3.8, 4) is 5.75 Å². The molecule has 0 aliphatic rings. The third kappa shape index (κ3) is 5.95. The van der Waals surface area contributed by atoms with Crippen molar-refractivity contribution in [1.82, 2.24) is 0 Å². The van der Waals surface area contributed by atoms with E-state index in [1.54, 1.807) is 31.2 Å². The Morgan fingerprint density at radius 3 is 2.64 bits per heavy atom. The number of carbonyl (C=O) groups is 2. The number of benzene rings is 2. The Balaban J connectivity index is 1.78. The summed E-state index contributed by atoms with van der Waals surface area (Å²) < 4.78 is 5.62. The molecule has 0 spiro atoms. The molecule has 1 unspecified atom stereocenters. The maximum Gasteiger partial charge on any atom is 0.310 e. The molecule has 0 fully saturated rings. The van der Waals surface area contributed by atoms with E-state index >= 15 is 0 Å². The van der Waals surface area contributed by atoms with Crippen LogP contribution in [-0.4, -0.2) is 23.6 Å². The Morgan fingerprint density at radius 1 is 1.16 bits per heavy atom. The minimum atomic E-state index is -0.892. The van der Waals surface area contributed by atoms with Crippen LogP contribution in [0.2, 0.25) is 0 Å². The molecule has 2 aromatic rings. The van der Waals surface area contributed by atoms with E-state index in [0.717, 1.165) is 11.3 Å². The van der Waals surface area contributed by atoms with E-state index < -0.39 is 11.9 Å². The molecule has 0 aromatic heterocycles. The van der Waals surface area contributed by atoms with E-state index in [0.29, 0.717) is 30.7 Å². The van der Waals surface area contributed by atoms with E-state index in [9.17, 15) is 9.59 Å². The lowest BCUT2D eigenvalue weighted by Crippen LogP contribution is -2.13. The van der Waals surface area contributed by atoms with Gasteiger partial charge < -0.3 is 15.2 Å². The van der Waals surface area contributed by atoms with Gasteiger partial charge >= 0.3 is 5.97 Å². The smallest absolute Gasteiger partial charge is 0.310 e. The summed E-state index contributed by atoms with van der Waals surface area (Å²) in [7, 11) is 0. The molecule has 0 radical (unpaired) electrons. The minimum absolute atomic E-state index is 0.118. The highest BCUT2D eigenvalue weighted by molar-refractivity contribution is 5.91. The van der Waals surface area contributed by atoms with E-state index in [4.69, 9.17) is 9.84 Å². The predicted octanol–water partition coefficient (Wildman–Crippen LogP) is 3.98. The van der Waals surface area contributed by atoms with Gasteiger partial charge in [0, 0.05) is 12.1 Å². The highest BCUT2D eigenvalue weighted by Gasteiger charge is 2.14. The summed E-state index contributed by atoms with van der Waals surface area (Å²) in [6.07, 6.45) is 0.940. The summed E-state index contributed by atoms with van der Waals surface area (Å²) in [6, 6.07) is 14.7. The second kappa shape index (κ2) is 8.87. The van der Waals surface area contributed by atoms with Crippen LogP contribution in [-0.2, 0) is 9.59 Å². The largest absolute Gasteiger partial charge is 0.494 e. The average molecular weight is 341 g/mol. The summed E-state index contributed by atoms with van der Waals surface area (Å²) in [5.41, 5.74) is 2.40. The van der Waals surface area contributed by atoms with Gasteiger partial charge in [0.2, 0.25) is 5.91 Å². The molecule has 0 heterocycles. The topological polar surface area (TPSA) is 75.6 Å². The molecule has 132 valence electrons. The molecule has 2 aromatic carbocycles. The van der Waals surface area contributed by atoms with Gasteiger partial charge in [-0.2, -0.15) is 0 Å². The van der Waals surface area contributed by atoms with Crippen molar-refractivity contribution in [1.29, 1.82) is 0 Å². The number of aliphatic carboxylic acids is 1. The van der Waals surface area contributed by atoms with Gasteiger partial charge in [-0.25, -0.2) is 0 Å². The number of hydrogen-bond donors (Lipinski definition) is 2. The first-order chi connectivity index (χ1) is 12.0. The van der Waals surface area contributed by atoms with Gasteiger partial charge in [-0.15, -0.1) is 0 Å². The molecule has 1 atom stereocenters. The van der Waals surface area contributed by atoms with Crippen molar-refractivity contribution in [3.63, 3.8) is 0 Å². The van der Waals surface area contributed by atoms with Crippen molar-refractivity contribution in [3.05, 3.63) is 59.7 Å². The lowest BCUT2D eigenvalue weighted by atomic mass is 10.0. The van der Waals surface area contributed by atoms with E-state index in [1.165, 1.54) is 0 Å². The lowest BCUT2D eigenvalue weighted by molar-refractivity contribution is -0.138. The Hall–Kier alpha value is -2.82. The Labute approximate surface area is 147 Å². The third-order valence-corrected chi connectivity index (χ3v) is 3.85. The fourth-order valence-electron chi connectivity index (χ4n) is 2.38. The number of aryl methyl sites for hydroxylation is 1. The van der Waals surface area contributed by atoms with Crippen LogP contribution in [0.3, 0.4) is 0 Å². The second-order valence-electron chi connectivity index (χ2n) is 6.00. The SMILES string of the molecule is Cc1cccc(OCCCC(=O)Nc2cccc(C(C)C(=O)O)c2)c1. The number of carboxylic acid groups (broad SMARTS) is 1. The standard InChI is InChI=1S/C20H23NO4/c1-14-6-3-9-18(12-14)25-11-5-10-19(22)21-17-8-4-7-16(13-17)15(2)20(23)24/h3-4,6-9,12-13,15H,5,10-11H2,1-2H3,(H,21,22)(H,23,24). The molecule has 25 heavy (non-hydrogen) atoms. The number of carbonyl (C=O) groups excluding carboxylic acids is 1. The maximum atomic E-state index is 12.0. The molecule has 5 heteroatoms. The van der Waals surface area contributed by atoms with Gasteiger partial charge in [0.1, 0.15) is 5.75 Å². The zero-order chi connectivity index (χ0) is 18.2. The number of hydrogen-bond acceptors (Lipinski definition) is 3. The molecule has 1 amide bonds. The number of anilines is 1. The van der Waals surface area contributed by atoms with Crippen molar-refractivity contribution in [2.75, 3.05) is 11.9 Å². The molecule has 0 aliphatic carbocycles. The molecule has 2 rings (SSSR count).